The minimum absolute atomic E-state index is 0.460. The average molecular weight is 699 g/mol. The van der Waals surface area contributed by atoms with E-state index in [1.807, 2.05) is 0 Å². The highest BCUT2D eigenvalue weighted by Crippen LogP contribution is 2.36. The second kappa shape index (κ2) is 16.6. The van der Waals surface area contributed by atoms with Crippen LogP contribution in [0.25, 0.3) is 0 Å². The first-order valence-corrected chi connectivity index (χ1v) is 14.1. The van der Waals surface area contributed by atoms with Crippen LogP contribution in [0.4, 0.5) is 0 Å². The fourth-order valence-electron chi connectivity index (χ4n) is 4.46. The van der Waals surface area contributed by atoms with Gasteiger partial charge >= 0.3 is 41.8 Å². The van der Waals surface area contributed by atoms with Crippen LogP contribution in [0.2, 0.25) is 0 Å². The van der Waals surface area contributed by atoms with E-state index in [-0.39, 0.29) is 0 Å². The highest BCUT2D eigenvalue weighted by atomic mass is 79.9. The average Bonchev–Trinajstić information content (AvgIpc) is 2.87. The first-order valence-electron chi connectivity index (χ1n) is 13.2. The largest absolute Gasteiger partial charge is 0.463 e. The predicted octanol–water partition coefficient (Wildman–Crippen LogP) is 0.00100. The zero-order valence-electron chi connectivity index (χ0n) is 25.0. The van der Waals surface area contributed by atoms with Crippen molar-refractivity contribution in [2.75, 3.05) is 13.2 Å². The number of carbonyl (C=O) groups excluding carboxylic acids is 7. The molecule has 2 aliphatic heterocycles. The number of rotatable bonds is 11. The van der Waals surface area contributed by atoms with Crippen LogP contribution in [0, 0.1) is 0 Å². The van der Waals surface area contributed by atoms with E-state index in [0.29, 0.717) is 0 Å². The molecule has 2 aliphatic rings. The van der Waals surface area contributed by atoms with Crippen molar-refractivity contribution in [3.05, 3.63) is 0 Å². The summed E-state index contributed by atoms with van der Waals surface area (Å²) in [6.07, 6.45) is -13.2. The van der Waals surface area contributed by atoms with E-state index in [1.54, 1.807) is 0 Å². The first-order chi connectivity index (χ1) is 20.5. The summed E-state index contributed by atoms with van der Waals surface area (Å²) >= 11 is 3.23. The van der Waals surface area contributed by atoms with E-state index in [4.69, 9.17) is 47.4 Å². The van der Waals surface area contributed by atoms with Gasteiger partial charge in [0.1, 0.15) is 31.5 Å². The monoisotopic (exact) mass is 698 g/mol. The molecule has 0 aromatic rings. The Morgan fingerprint density at radius 2 is 0.841 bits per heavy atom. The zero-order valence-corrected chi connectivity index (χ0v) is 26.6. The molecule has 0 spiro atoms. The van der Waals surface area contributed by atoms with Gasteiger partial charge in [0.25, 0.3) is 0 Å². The zero-order chi connectivity index (χ0) is 33.3. The van der Waals surface area contributed by atoms with Gasteiger partial charge < -0.3 is 47.4 Å². The lowest BCUT2D eigenvalue weighted by Crippen LogP contribution is -2.66. The molecule has 0 aromatic heterocycles. The molecular weight excluding hydrogens is 664 g/mol. The number of ether oxygens (including phenoxy) is 10. The van der Waals surface area contributed by atoms with Gasteiger partial charge in [0.05, 0.1) is 0 Å². The van der Waals surface area contributed by atoms with Crippen molar-refractivity contribution in [1.29, 1.82) is 0 Å². The lowest BCUT2D eigenvalue weighted by atomic mass is 9.96. The fraction of sp³-hybridized carbons (Fsp3) is 0.731. The third kappa shape index (κ3) is 11.0. The van der Waals surface area contributed by atoms with E-state index in [2.05, 4.69) is 15.9 Å². The Bertz CT molecular complexity index is 1090. The molecule has 2 rings (SSSR count). The Hall–Kier alpha value is -3.35. The van der Waals surface area contributed by atoms with Gasteiger partial charge in [-0.2, -0.15) is 0 Å². The molecule has 2 fully saturated rings. The second-order valence-corrected chi connectivity index (χ2v) is 10.5. The van der Waals surface area contributed by atoms with Crippen LogP contribution in [-0.2, 0) is 80.9 Å². The van der Waals surface area contributed by atoms with Crippen LogP contribution < -0.4 is 0 Å². The number of esters is 7. The van der Waals surface area contributed by atoms with Crippen LogP contribution >= 0.6 is 15.9 Å². The summed E-state index contributed by atoms with van der Waals surface area (Å²) in [6.45, 7) is 6.57. The molecule has 0 N–H and O–H groups in total. The molecule has 5 unspecified atom stereocenters. The maximum absolute atomic E-state index is 12.2. The summed E-state index contributed by atoms with van der Waals surface area (Å²) in [6, 6.07) is 0. The van der Waals surface area contributed by atoms with Crippen LogP contribution in [0.15, 0.2) is 0 Å². The summed E-state index contributed by atoms with van der Waals surface area (Å²) in [5.41, 5.74) is 0. The molecule has 0 amide bonds. The molecule has 248 valence electrons. The Labute approximate surface area is 260 Å². The molecular formula is C26H35BrO17. The maximum Gasteiger partial charge on any atom is 0.303 e. The highest BCUT2D eigenvalue weighted by molar-refractivity contribution is 9.09. The third-order valence-corrected chi connectivity index (χ3v) is 6.61. The highest BCUT2D eigenvalue weighted by Gasteiger charge is 2.57. The topological polar surface area (TPSA) is 212 Å². The SMILES string of the molecule is CC(=O)OCC1O[C@@H](OC2[C@H](OC(C)=O)C(OC(C)=O)C(Br)O[C@@H]2COC(C)=O)[C@H](OC(C)=O)C(OC(C)=O)[C@@H]1OC(C)=O. The number of carbonyl (C=O) groups is 7. The number of halogens is 1. The number of alkyl halides is 1. The van der Waals surface area contributed by atoms with Gasteiger partial charge in [-0.25, -0.2) is 0 Å². The van der Waals surface area contributed by atoms with Crippen LogP contribution in [0.5, 0.6) is 0 Å². The van der Waals surface area contributed by atoms with Crippen LogP contribution in [-0.4, -0.2) is 115 Å². The maximum atomic E-state index is 12.2. The van der Waals surface area contributed by atoms with E-state index in [9.17, 15) is 33.6 Å². The van der Waals surface area contributed by atoms with Gasteiger partial charge in [0.2, 0.25) is 0 Å². The second-order valence-electron chi connectivity index (χ2n) is 9.64. The molecule has 2 heterocycles. The first kappa shape index (κ1) is 36.8. The minimum Gasteiger partial charge on any atom is -0.463 e. The summed E-state index contributed by atoms with van der Waals surface area (Å²) in [4.78, 5) is 83.8. The van der Waals surface area contributed by atoms with Crippen molar-refractivity contribution < 1.29 is 80.9 Å². The Kier molecular flexibility index (Phi) is 13.9. The van der Waals surface area contributed by atoms with E-state index >= 15 is 0 Å². The van der Waals surface area contributed by atoms with E-state index in [0.717, 1.165) is 48.5 Å². The summed E-state index contributed by atoms with van der Waals surface area (Å²) in [5, 5.41) is -1.09. The molecule has 10 atom stereocenters. The van der Waals surface area contributed by atoms with Gasteiger partial charge in [0, 0.05) is 48.5 Å². The van der Waals surface area contributed by atoms with Crippen molar-refractivity contribution in [1.82, 2.24) is 0 Å². The normalized spacial score (nSPS) is 31.5. The molecule has 17 nitrogen and oxygen atoms in total. The van der Waals surface area contributed by atoms with Crippen molar-refractivity contribution in [3.63, 3.8) is 0 Å². The quantitative estimate of drug-likeness (QED) is 0.158. The van der Waals surface area contributed by atoms with Gasteiger partial charge in [-0.05, 0) is 0 Å². The molecule has 44 heavy (non-hydrogen) atoms. The van der Waals surface area contributed by atoms with Gasteiger partial charge in [-0.1, -0.05) is 15.9 Å². The molecule has 0 saturated carbocycles. The summed E-state index contributed by atoms with van der Waals surface area (Å²) in [7, 11) is 0. The van der Waals surface area contributed by atoms with Crippen molar-refractivity contribution in [2.24, 2.45) is 0 Å². The summed E-state index contributed by atoms with van der Waals surface area (Å²) in [5.74, 6) is -5.63. The molecule has 18 heteroatoms. The summed E-state index contributed by atoms with van der Waals surface area (Å²) < 4.78 is 55.2. The number of hydrogen-bond donors (Lipinski definition) is 0. The predicted molar refractivity (Wildman–Crippen MR) is 142 cm³/mol. The van der Waals surface area contributed by atoms with Gasteiger partial charge in [0.15, 0.2) is 41.8 Å². The molecule has 0 bridgehead atoms. The Morgan fingerprint density at radius 1 is 0.477 bits per heavy atom. The van der Waals surface area contributed by atoms with Crippen molar-refractivity contribution in [3.8, 4) is 0 Å². The standard InChI is InChI=1S/C26H35BrO17/c1-10(28)35-8-17-20(21(38-13(4)31)23(25(27)42-17)40-15(6)33)44-26-24(41-16(7)34)22(39-14(5)32)19(37-12(3)30)18(43-26)9-36-11(2)29/h17-26H,8-9H2,1-7H3/t17-,18?,19-,20?,21+,22?,23?,24-,25?,26+/m1/s1. The third-order valence-electron chi connectivity index (χ3n) is 5.87. The minimum atomic E-state index is -1.73. The molecule has 2 saturated heterocycles. The van der Waals surface area contributed by atoms with E-state index < -0.39 is 115 Å². The molecule has 0 radical (unpaired) electrons. The van der Waals surface area contributed by atoms with Crippen molar-refractivity contribution in [2.45, 2.75) is 109 Å². The van der Waals surface area contributed by atoms with Gasteiger partial charge in [-0.3, -0.25) is 33.6 Å². The lowest BCUT2D eigenvalue weighted by molar-refractivity contribution is -0.341. The molecule has 0 aliphatic carbocycles. The van der Waals surface area contributed by atoms with Gasteiger partial charge in [-0.15, -0.1) is 0 Å². The van der Waals surface area contributed by atoms with E-state index in [1.165, 1.54) is 0 Å². The smallest absolute Gasteiger partial charge is 0.303 e. The van der Waals surface area contributed by atoms with Crippen LogP contribution in [0.1, 0.15) is 48.5 Å². The fourth-order valence-corrected chi connectivity index (χ4v) is 5.15. The molecule has 0 aromatic carbocycles. The Balaban J connectivity index is 2.66. The lowest BCUT2D eigenvalue weighted by Gasteiger charge is -2.48. The Morgan fingerprint density at radius 3 is 1.27 bits per heavy atom. The van der Waals surface area contributed by atoms with Crippen LogP contribution in [0.3, 0.4) is 0 Å². The van der Waals surface area contributed by atoms with Crippen molar-refractivity contribution >= 4 is 57.7 Å². The number of hydrogen-bond acceptors (Lipinski definition) is 17.